The van der Waals surface area contributed by atoms with E-state index < -0.39 is 38.1 Å². The molecule has 0 aliphatic carbocycles. The van der Waals surface area contributed by atoms with Gasteiger partial charge in [-0.1, -0.05) is 79.7 Å². The van der Waals surface area contributed by atoms with Gasteiger partial charge in [0.05, 0.1) is 69.1 Å². The van der Waals surface area contributed by atoms with Gasteiger partial charge in [0.25, 0.3) is 0 Å². The summed E-state index contributed by atoms with van der Waals surface area (Å²) in [5.74, 6) is 3.13. The third-order valence-electron chi connectivity index (χ3n) is 11.6. The summed E-state index contributed by atoms with van der Waals surface area (Å²) in [4.78, 5) is 71.9. The van der Waals surface area contributed by atoms with Gasteiger partial charge in [-0.2, -0.15) is 26.0 Å². The number of aromatic nitrogens is 13. The molecule has 0 radical (unpaired) electrons. The summed E-state index contributed by atoms with van der Waals surface area (Å²) in [6.07, 6.45) is 7.77. The highest BCUT2D eigenvalue weighted by Crippen LogP contribution is 2.38. The summed E-state index contributed by atoms with van der Waals surface area (Å²) in [6, 6.07) is 32.6. The molecule has 0 saturated heterocycles. The van der Waals surface area contributed by atoms with Crippen molar-refractivity contribution in [2.75, 3.05) is 41.6 Å². The van der Waals surface area contributed by atoms with Gasteiger partial charge in [0, 0.05) is 78.5 Å². The third-order valence-corrected chi connectivity index (χ3v) is 12.4. The highest BCUT2D eigenvalue weighted by atomic mass is 35.5. The highest BCUT2D eigenvalue weighted by Gasteiger charge is 2.19. The van der Waals surface area contributed by atoms with E-state index in [2.05, 4.69) is 71.0 Å². The third kappa shape index (κ3) is 19.0. The van der Waals surface area contributed by atoms with Crippen LogP contribution in [0.5, 0.6) is 11.5 Å². The maximum absolute atomic E-state index is 12.6. The van der Waals surface area contributed by atoms with E-state index in [1.807, 2.05) is 49.5 Å². The Labute approximate surface area is 540 Å². The Balaban J connectivity index is 0.000000204. The number of ether oxygens (including phenoxy) is 2. The fraction of sp³-hybridized carbons (Fsp3) is 0.164. The second kappa shape index (κ2) is 33.4. The van der Waals surface area contributed by atoms with Crippen LogP contribution in [-0.4, -0.2) is 96.0 Å². The number of aryl methyl sites for hydroxylation is 2. The van der Waals surface area contributed by atoms with Crippen LogP contribution in [0.1, 0.15) is 96.4 Å². The van der Waals surface area contributed by atoms with Crippen LogP contribution >= 0.6 is 34.8 Å². The molecule has 29 heteroatoms. The van der Waals surface area contributed by atoms with E-state index in [0.29, 0.717) is 86.8 Å². The fourth-order valence-corrected chi connectivity index (χ4v) is 8.16. The normalized spacial score (nSPS) is 11.3. The second-order valence-corrected chi connectivity index (χ2v) is 19.0. The number of nitrogens with two attached hydrogens (primary N) is 2. The minimum Gasteiger partial charge on any atom is -0.494 e. The number of nitrogens with one attached hydrogen (secondary N) is 3. The number of hydrogen-bond donors (Lipinski definition) is 5. The van der Waals surface area contributed by atoms with Crippen LogP contribution in [0.25, 0.3) is 22.8 Å². The molecule has 0 bridgehead atoms. The Bertz CT molecular complexity index is 4540. The molecule has 456 valence electrons. The smallest absolute Gasteiger partial charge is 0.234 e. The van der Waals surface area contributed by atoms with Crippen molar-refractivity contribution in [1.82, 2.24) is 64.4 Å². The molecule has 8 aromatic heterocycles. The van der Waals surface area contributed by atoms with Crippen LogP contribution in [0, 0.1) is 34.0 Å². The second-order valence-electron chi connectivity index (χ2n) is 17.8. The van der Waals surface area contributed by atoms with Crippen molar-refractivity contribution in [3.05, 3.63) is 184 Å². The summed E-state index contributed by atoms with van der Waals surface area (Å²) < 4.78 is 56.3. The van der Waals surface area contributed by atoms with E-state index in [9.17, 15) is 14.4 Å². The highest BCUT2D eigenvalue weighted by molar-refractivity contribution is 6.36. The number of methoxy groups -OCH3 is 2. The quantitative estimate of drug-likeness (QED) is 0.0341. The van der Waals surface area contributed by atoms with Crippen molar-refractivity contribution >= 4 is 98.3 Å². The van der Waals surface area contributed by atoms with E-state index >= 15 is 0 Å². The number of Topliss-reactive ketones (excluding diaryl/α,β-unsaturated/α-hetero) is 3. The van der Waals surface area contributed by atoms with Crippen LogP contribution in [0.4, 0.5) is 46.2 Å². The van der Waals surface area contributed by atoms with Gasteiger partial charge in [-0.15, -0.1) is 0 Å². The zero-order chi connectivity index (χ0) is 70.3. The zero-order valence-electron chi connectivity index (χ0n) is 54.3. The Kier molecular flexibility index (Phi) is 21.9. The number of ketones is 3. The molecule has 0 aliphatic heterocycles. The number of rotatable bonds is 16. The molecule has 0 amide bonds. The zero-order valence-corrected chi connectivity index (χ0v) is 50.6. The summed E-state index contributed by atoms with van der Waals surface area (Å²) in [5, 5.41) is 44.3. The molecule has 0 fully saturated rings. The maximum Gasteiger partial charge on any atom is 0.234 e. The van der Waals surface area contributed by atoms with E-state index in [1.54, 1.807) is 105 Å². The number of anilines is 8. The van der Waals surface area contributed by atoms with Crippen LogP contribution in [-0.2, 0) is 14.1 Å². The van der Waals surface area contributed by atoms with Crippen LogP contribution in [0.3, 0.4) is 0 Å². The number of nitriles is 3. The number of carbonyl (C=O) groups excluding carboxylic acids is 3. The van der Waals surface area contributed by atoms with Gasteiger partial charge in [-0.25, -0.2) is 44.9 Å². The lowest BCUT2D eigenvalue weighted by Gasteiger charge is -2.17. The molecule has 10 rings (SSSR count). The first-order chi connectivity index (χ1) is 45.6. The van der Waals surface area contributed by atoms with E-state index in [4.69, 9.17) is 79.8 Å². The molecule has 2 aromatic carbocycles. The van der Waals surface area contributed by atoms with Crippen molar-refractivity contribution in [2.45, 2.75) is 39.9 Å². The molecule has 0 saturated carbocycles. The number of para-hydroxylation sites is 2. The summed E-state index contributed by atoms with van der Waals surface area (Å²) in [6.45, 7) is -2.87. The SMILES string of the molecule is CCC(=O)c1cnc(Nc2cccc(C#N)n2)cc1Nc1cccc(-c2ncn(C)n2)c1OC.COc1c(N)cccc1-c1ncn(C)n1.N#Cc1nccc(N)n1.[2H]C([2H])([2H])CC(=O)c1cnc(Cl)cc1Cl.[2H]C([2H])([2H])CC(=O)c1cnc(Nc2cccc(C#N)n2)cc1Cl. The van der Waals surface area contributed by atoms with Crippen molar-refractivity contribution in [3.8, 4) is 52.5 Å². The molecule has 90 heavy (non-hydrogen) atoms. The number of halogens is 3. The molecule has 0 atom stereocenters. The van der Waals surface area contributed by atoms with Gasteiger partial charge in [0.15, 0.2) is 40.5 Å². The first-order valence-electron chi connectivity index (χ1n) is 29.1. The molecule has 10 aromatic rings. The lowest BCUT2D eigenvalue weighted by molar-refractivity contribution is 0.0980. The average molecular weight is 1280 g/mol. The average Bonchev–Trinajstić information content (AvgIpc) is 0.983. The van der Waals surface area contributed by atoms with E-state index in [0.717, 1.165) is 5.56 Å². The Morgan fingerprint density at radius 2 is 1.08 bits per heavy atom. The summed E-state index contributed by atoms with van der Waals surface area (Å²) in [5.41, 5.74) is 15.4. The Hall–Kier alpha value is -11.5. The molecule has 0 spiro atoms. The minimum atomic E-state index is -2.36. The standard InChI is InChI=1S/C24H22N8O2.C14H11ClN4O.C10H12N4O.C8H7Cl2NO.C5H4N4/c1-4-20(33)17-13-26-22(30-21-10-5-7-15(12-25)28-21)11-19(17)29-18-9-6-8-16(23(18)34-3)24-27-14-32(2)31-24;1-2-12(20)10-8-17-14(6-11(10)15)19-13-5-3-4-9(7-16)18-13;1-14-6-12-10(13-14)7-4-3-5-8(11)9(7)15-2;1-2-7(12)5-4-11-8(10)3-6(5)9;6-3-5-8-2-1-4(7)9-5/h5-11,13-14H,4H2,1-3H3,(H2,26,28,29,30);3-6,8H,2H2,1H3,(H,17,18,19);3-6H,11H2,1-2H3;3-4H,2H2,1H3;1-2H,(H2,7,8,9)/i;1D3;;1D3;. The summed E-state index contributed by atoms with van der Waals surface area (Å²) in [7, 11) is 6.76. The molecule has 8 heterocycles. The summed E-state index contributed by atoms with van der Waals surface area (Å²) >= 11 is 17.3. The number of nitrogens with zero attached hydrogens (tertiary/aromatic N) is 16. The number of hydrogen-bond acceptors (Lipinski definition) is 24. The monoisotopic (exact) mass is 1270 g/mol. The molecular weight excluding hydrogens is 1210 g/mol. The molecule has 0 aliphatic rings. The number of nitrogen functional groups attached to an aromatic ring is 2. The van der Waals surface area contributed by atoms with Crippen molar-refractivity contribution in [2.24, 2.45) is 14.1 Å². The van der Waals surface area contributed by atoms with Crippen molar-refractivity contribution in [1.29, 1.82) is 15.8 Å². The maximum atomic E-state index is 12.6. The number of benzene rings is 2. The molecular formula is C61H56Cl3N21O5. The van der Waals surface area contributed by atoms with Crippen molar-refractivity contribution < 1.29 is 32.1 Å². The lowest BCUT2D eigenvalue weighted by Crippen LogP contribution is -2.07. The predicted molar refractivity (Wildman–Crippen MR) is 341 cm³/mol. The van der Waals surface area contributed by atoms with Gasteiger partial charge in [-0.05, 0) is 60.7 Å². The first kappa shape index (κ1) is 58.9. The van der Waals surface area contributed by atoms with Gasteiger partial charge >= 0.3 is 0 Å². The van der Waals surface area contributed by atoms with Crippen LogP contribution < -0.4 is 36.9 Å². The Morgan fingerprint density at radius 1 is 0.567 bits per heavy atom. The number of pyridine rings is 5. The van der Waals surface area contributed by atoms with Gasteiger partial charge in [0.1, 0.15) is 76.5 Å². The topological polar surface area (TPSA) is 381 Å². The number of carbonyl (C=O) groups is 3. The van der Waals surface area contributed by atoms with Gasteiger partial charge in [0.2, 0.25) is 5.82 Å². The lowest BCUT2D eigenvalue weighted by atomic mass is 10.1. The molecule has 26 nitrogen and oxygen atoms in total. The van der Waals surface area contributed by atoms with Crippen molar-refractivity contribution in [3.63, 3.8) is 0 Å². The fourth-order valence-electron chi connectivity index (χ4n) is 7.43. The predicted octanol–water partition coefficient (Wildman–Crippen LogP) is 11.6. The molecule has 0 unspecified atom stereocenters. The van der Waals surface area contributed by atoms with E-state index in [-0.39, 0.29) is 49.3 Å². The van der Waals surface area contributed by atoms with E-state index in [1.165, 1.54) is 43.0 Å². The largest absolute Gasteiger partial charge is 0.494 e. The van der Waals surface area contributed by atoms with Gasteiger partial charge in [-0.3, -0.25) is 23.7 Å². The first-order valence-corrected chi connectivity index (χ1v) is 27.2. The van der Waals surface area contributed by atoms with Crippen LogP contribution in [0.2, 0.25) is 15.2 Å². The van der Waals surface area contributed by atoms with Gasteiger partial charge < -0.3 is 36.9 Å². The Morgan fingerprint density at radius 3 is 1.56 bits per heavy atom. The molecule has 7 N–H and O–H groups in total. The minimum absolute atomic E-state index is 0.0482. The van der Waals surface area contributed by atoms with Crippen LogP contribution in [0.15, 0.2) is 135 Å².